The maximum Gasteiger partial charge on any atom is 0.181 e. The van der Waals surface area contributed by atoms with Crippen LogP contribution in [0.5, 0.6) is 0 Å². The van der Waals surface area contributed by atoms with Crippen molar-refractivity contribution in [3.63, 3.8) is 0 Å². The number of halogens is 1. The van der Waals surface area contributed by atoms with Gasteiger partial charge in [0.2, 0.25) is 0 Å². The molecule has 1 atom stereocenters. The van der Waals surface area contributed by atoms with E-state index >= 15 is 0 Å². The Morgan fingerprint density at radius 1 is 1.10 bits per heavy atom. The van der Waals surface area contributed by atoms with E-state index in [4.69, 9.17) is 17.3 Å². The molecule has 0 saturated heterocycles. The van der Waals surface area contributed by atoms with Crippen molar-refractivity contribution in [3.05, 3.63) is 70.5 Å². The average molecular weight is 299 g/mol. The lowest BCUT2D eigenvalue weighted by atomic mass is 10.1. The summed E-state index contributed by atoms with van der Waals surface area (Å²) < 4.78 is 0. The Labute approximate surface area is 128 Å². The van der Waals surface area contributed by atoms with Crippen LogP contribution in [0.1, 0.15) is 23.0 Å². The fourth-order valence-corrected chi connectivity index (χ4v) is 2.31. The number of aromatic amines is 1. The molecular weight excluding hydrogens is 284 g/mol. The van der Waals surface area contributed by atoms with Crippen molar-refractivity contribution in [2.45, 2.75) is 13.0 Å². The predicted octanol–water partition coefficient (Wildman–Crippen LogP) is 3.48. The number of nitrogens with two attached hydrogens (primary N) is 1. The van der Waals surface area contributed by atoms with Gasteiger partial charge in [0.05, 0.1) is 6.04 Å². The van der Waals surface area contributed by atoms with E-state index in [-0.39, 0.29) is 6.04 Å². The molecule has 3 N–H and O–H groups in total. The lowest BCUT2D eigenvalue weighted by Gasteiger charge is -2.08. The molecule has 0 aliphatic carbocycles. The quantitative estimate of drug-likeness (QED) is 0.778. The van der Waals surface area contributed by atoms with Gasteiger partial charge in [-0.3, -0.25) is 5.10 Å². The summed E-state index contributed by atoms with van der Waals surface area (Å²) in [7, 11) is 0. The predicted molar refractivity (Wildman–Crippen MR) is 84.0 cm³/mol. The van der Waals surface area contributed by atoms with Crippen molar-refractivity contribution in [1.82, 2.24) is 15.2 Å². The van der Waals surface area contributed by atoms with Crippen LogP contribution in [0, 0.1) is 6.92 Å². The molecule has 0 bridgehead atoms. The molecule has 0 spiro atoms. The second-order valence-corrected chi connectivity index (χ2v) is 5.32. The molecule has 4 nitrogen and oxygen atoms in total. The van der Waals surface area contributed by atoms with Crippen LogP contribution in [-0.2, 0) is 0 Å². The zero-order valence-electron chi connectivity index (χ0n) is 11.5. The van der Waals surface area contributed by atoms with Gasteiger partial charge in [0.25, 0.3) is 0 Å². The molecule has 1 aromatic heterocycles. The van der Waals surface area contributed by atoms with Crippen molar-refractivity contribution in [2.24, 2.45) is 5.73 Å². The van der Waals surface area contributed by atoms with Crippen LogP contribution < -0.4 is 5.73 Å². The molecule has 106 valence electrons. The van der Waals surface area contributed by atoms with Crippen LogP contribution in [0.3, 0.4) is 0 Å². The topological polar surface area (TPSA) is 67.6 Å². The van der Waals surface area contributed by atoms with Gasteiger partial charge in [-0.05, 0) is 30.2 Å². The highest BCUT2D eigenvalue weighted by Crippen LogP contribution is 2.23. The molecule has 3 rings (SSSR count). The molecule has 5 heteroatoms. The van der Waals surface area contributed by atoms with Crippen LogP contribution in [-0.4, -0.2) is 15.2 Å². The summed E-state index contributed by atoms with van der Waals surface area (Å²) >= 11 is 5.89. The SMILES string of the molecule is Cc1ccccc1-c1n[nH]c([C@H](N)c2ccc(Cl)cc2)n1. The van der Waals surface area contributed by atoms with Gasteiger partial charge in [0.15, 0.2) is 5.82 Å². The molecule has 0 fully saturated rings. The third-order valence-corrected chi connectivity index (χ3v) is 3.66. The lowest BCUT2D eigenvalue weighted by Crippen LogP contribution is -2.13. The summed E-state index contributed by atoms with van der Waals surface area (Å²) in [5, 5.41) is 7.88. The first-order valence-corrected chi connectivity index (χ1v) is 7.02. The molecule has 0 unspecified atom stereocenters. The van der Waals surface area contributed by atoms with E-state index in [1.807, 2.05) is 55.5 Å². The van der Waals surface area contributed by atoms with E-state index in [2.05, 4.69) is 15.2 Å². The van der Waals surface area contributed by atoms with Crippen LogP contribution in [0.2, 0.25) is 5.02 Å². The first-order valence-electron chi connectivity index (χ1n) is 6.64. The Morgan fingerprint density at radius 3 is 2.52 bits per heavy atom. The van der Waals surface area contributed by atoms with Crippen molar-refractivity contribution in [2.75, 3.05) is 0 Å². The zero-order chi connectivity index (χ0) is 14.8. The van der Waals surface area contributed by atoms with Crippen LogP contribution in [0.15, 0.2) is 48.5 Å². The number of aryl methyl sites for hydroxylation is 1. The third kappa shape index (κ3) is 2.82. The number of rotatable bonds is 3. The summed E-state index contributed by atoms with van der Waals surface area (Å²) in [6.45, 7) is 2.03. The third-order valence-electron chi connectivity index (χ3n) is 3.41. The molecule has 0 aliphatic rings. The summed E-state index contributed by atoms with van der Waals surface area (Å²) in [6, 6.07) is 15.0. The number of H-pyrrole nitrogens is 1. The smallest absolute Gasteiger partial charge is 0.181 e. The molecule has 0 saturated carbocycles. The van der Waals surface area contributed by atoms with Crippen LogP contribution in [0.4, 0.5) is 0 Å². The lowest BCUT2D eigenvalue weighted by molar-refractivity contribution is 0.787. The van der Waals surface area contributed by atoms with E-state index in [0.29, 0.717) is 16.7 Å². The van der Waals surface area contributed by atoms with Crippen molar-refractivity contribution in [3.8, 4) is 11.4 Å². The van der Waals surface area contributed by atoms with Crippen molar-refractivity contribution in [1.29, 1.82) is 0 Å². The molecule has 0 amide bonds. The van der Waals surface area contributed by atoms with Crippen LogP contribution in [0.25, 0.3) is 11.4 Å². The summed E-state index contributed by atoms with van der Waals surface area (Å²) in [5.74, 6) is 1.29. The molecular formula is C16H15ClN4. The highest BCUT2D eigenvalue weighted by Gasteiger charge is 2.15. The maximum absolute atomic E-state index is 6.22. The normalized spacial score (nSPS) is 12.3. The minimum atomic E-state index is -0.354. The summed E-state index contributed by atoms with van der Waals surface area (Å²) in [4.78, 5) is 4.52. The fourth-order valence-electron chi connectivity index (χ4n) is 2.19. The monoisotopic (exact) mass is 298 g/mol. The second kappa shape index (κ2) is 5.68. The van der Waals surface area contributed by atoms with Gasteiger partial charge >= 0.3 is 0 Å². The van der Waals surface area contributed by atoms with Gasteiger partial charge in [0, 0.05) is 10.6 Å². The number of hydrogen-bond acceptors (Lipinski definition) is 3. The van der Waals surface area contributed by atoms with Crippen LogP contribution >= 0.6 is 11.6 Å². The Morgan fingerprint density at radius 2 is 1.81 bits per heavy atom. The van der Waals surface area contributed by atoms with Gasteiger partial charge < -0.3 is 5.73 Å². The Bertz CT molecular complexity index is 749. The van der Waals surface area contributed by atoms with E-state index in [1.165, 1.54) is 0 Å². The number of nitrogens with one attached hydrogen (secondary N) is 1. The average Bonchev–Trinajstić information content (AvgIpc) is 2.97. The highest BCUT2D eigenvalue weighted by atomic mass is 35.5. The Kier molecular flexibility index (Phi) is 3.73. The maximum atomic E-state index is 6.22. The first-order chi connectivity index (χ1) is 10.1. The zero-order valence-corrected chi connectivity index (χ0v) is 12.3. The fraction of sp³-hybridized carbons (Fsp3) is 0.125. The minimum Gasteiger partial charge on any atom is -0.318 e. The highest BCUT2D eigenvalue weighted by molar-refractivity contribution is 6.30. The first kappa shape index (κ1) is 13.8. The van der Waals surface area contributed by atoms with Gasteiger partial charge in [-0.1, -0.05) is 48.0 Å². The van der Waals surface area contributed by atoms with E-state index in [9.17, 15) is 0 Å². The number of aromatic nitrogens is 3. The molecule has 0 radical (unpaired) electrons. The van der Waals surface area contributed by atoms with Crippen molar-refractivity contribution < 1.29 is 0 Å². The Balaban J connectivity index is 1.91. The van der Waals surface area contributed by atoms with E-state index < -0.39 is 0 Å². The van der Waals surface area contributed by atoms with Gasteiger partial charge in [-0.25, -0.2) is 4.98 Å². The van der Waals surface area contributed by atoms with Gasteiger partial charge in [0.1, 0.15) is 5.82 Å². The molecule has 3 aromatic rings. The second-order valence-electron chi connectivity index (χ2n) is 4.89. The van der Waals surface area contributed by atoms with Crippen molar-refractivity contribution >= 4 is 11.6 Å². The summed E-state index contributed by atoms with van der Waals surface area (Å²) in [6.07, 6.45) is 0. The Hall–Kier alpha value is -2.17. The molecule has 0 aliphatic heterocycles. The van der Waals surface area contributed by atoms with E-state index in [1.54, 1.807) is 0 Å². The summed E-state index contributed by atoms with van der Waals surface area (Å²) in [5.41, 5.74) is 9.29. The molecule has 1 heterocycles. The molecule has 2 aromatic carbocycles. The number of nitrogens with zero attached hydrogens (tertiary/aromatic N) is 2. The van der Waals surface area contributed by atoms with E-state index in [0.717, 1.165) is 16.7 Å². The number of benzene rings is 2. The minimum absolute atomic E-state index is 0.354. The largest absolute Gasteiger partial charge is 0.318 e. The van der Waals surface area contributed by atoms with Gasteiger partial charge in [-0.2, -0.15) is 5.10 Å². The number of hydrogen-bond donors (Lipinski definition) is 2. The standard InChI is InChI=1S/C16H15ClN4/c1-10-4-2-3-5-13(10)15-19-16(21-20-15)14(18)11-6-8-12(17)9-7-11/h2-9,14H,18H2,1H3,(H,19,20,21)/t14-/m1/s1. The van der Waals surface area contributed by atoms with Gasteiger partial charge in [-0.15, -0.1) is 0 Å². The molecule has 21 heavy (non-hydrogen) atoms.